The fourth-order valence-corrected chi connectivity index (χ4v) is 1.76. The molecular formula is C10H16N4. The molecule has 1 aliphatic rings. The highest BCUT2D eigenvalue weighted by atomic mass is 15.0. The van der Waals surface area contributed by atoms with Crippen molar-refractivity contribution in [3.05, 3.63) is 12.4 Å². The number of nitrogens with one attached hydrogen (secondary N) is 1. The summed E-state index contributed by atoms with van der Waals surface area (Å²) in [5.74, 6) is 2.99. The third kappa shape index (κ3) is 2.13. The van der Waals surface area contributed by atoms with E-state index in [0.717, 1.165) is 24.2 Å². The maximum Gasteiger partial charge on any atom is 0.146 e. The molecule has 2 atom stereocenters. The van der Waals surface area contributed by atoms with Gasteiger partial charge in [0.1, 0.15) is 11.6 Å². The van der Waals surface area contributed by atoms with Gasteiger partial charge < -0.3 is 11.1 Å². The fraction of sp³-hybridized carbons (Fsp3) is 0.600. The lowest BCUT2D eigenvalue weighted by atomic mass is 10.2. The van der Waals surface area contributed by atoms with Crippen molar-refractivity contribution in [1.82, 2.24) is 9.97 Å². The van der Waals surface area contributed by atoms with Gasteiger partial charge in [-0.25, -0.2) is 4.98 Å². The van der Waals surface area contributed by atoms with Crippen LogP contribution in [0, 0.1) is 11.8 Å². The first kappa shape index (κ1) is 9.24. The molecule has 1 heterocycles. The van der Waals surface area contributed by atoms with Gasteiger partial charge in [-0.2, -0.15) is 0 Å². The molecule has 1 fully saturated rings. The number of anilines is 2. The normalized spacial score (nSPS) is 24.6. The van der Waals surface area contributed by atoms with Crippen molar-refractivity contribution in [3.63, 3.8) is 0 Å². The van der Waals surface area contributed by atoms with Crippen molar-refractivity contribution in [2.45, 2.75) is 19.8 Å². The zero-order valence-electron chi connectivity index (χ0n) is 8.40. The molecule has 2 unspecified atom stereocenters. The maximum atomic E-state index is 5.52. The van der Waals surface area contributed by atoms with E-state index in [2.05, 4.69) is 22.2 Å². The van der Waals surface area contributed by atoms with Crippen LogP contribution >= 0.6 is 0 Å². The smallest absolute Gasteiger partial charge is 0.146 e. The molecule has 0 spiro atoms. The largest absolute Gasteiger partial charge is 0.382 e. The van der Waals surface area contributed by atoms with Gasteiger partial charge in [-0.3, -0.25) is 4.98 Å². The lowest BCUT2D eigenvalue weighted by molar-refractivity contribution is 0.700. The molecule has 4 nitrogen and oxygen atoms in total. The van der Waals surface area contributed by atoms with E-state index in [0.29, 0.717) is 5.82 Å². The summed E-state index contributed by atoms with van der Waals surface area (Å²) in [6.07, 6.45) is 5.89. The van der Waals surface area contributed by atoms with E-state index < -0.39 is 0 Å². The zero-order chi connectivity index (χ0) is 9.97. The van der Waals surface area contributed by atoms with Crippen LogP contribution in [0.2, 0.25) is 0 Å². The van der Waals surface area contributed by atoms with Crippen molar-refractivity contribution >= 4 is 11.6 Å². The van der Waals surface area contributed by atoms with Gasteiger partial charge in [0.2, 0.25) is 0 Å². The summed E-state index contributed by atoms with van der Waals surface area (Å²) < 4.78 is 0. The number of nitrogens with two attached hydrogens (primary N) is 1. The minimum absolute atomic E-state index is 0.470. The number of hydrogen-bond donors (Lipinski definition) is 2. The minimum atomic E-state index is 0.470. The molecule has 0 bridgehead atoms. The first-order valence-corrected chi connectivity index (χ1v) is 5.11. The van der Waals surface area contributed by atoms with Crippen LogP contribution in [0.4, 0.5) is 11.6 Å². The molecule has 0 aliphatic heterocycles. The third-order valence-corrected chi connectivity index (χ3v) is 2.79. The topological polar surface area (TPSA) is 63.8 Å². The number of aromatic nitrogens is 2. The Morgan fingerprint density at radius 2 is 2.36 bits per heavy atom. The standard InChI is InChI=1S/C10H16N4/c1-2-7-3-8(7)4-13-10-6-12-5-9(11)14-10/h5-8H,2-4H2,1H3,(H3,11,13,14). The predicted molar refractivity (Wildman–Crippen MR) is 56.8 cm³/mol. The number of rotatable bonds is 4. The highest BCUT2D eigenvalue weighted by Gasteiger charge is 2.34. The van der Waals surface area contributed by atoms with Gasteiger partial charge in [0.15, 0.2) is 0 Å². The monoisotopic (exact) mass is 192 g/mol. The van der Waals surface area contributed by atoms with Gasteiger partial charge in [0.25, 0.3) is 0 Å². The number of nitrogens with zero attached hydrogens (tertiary/aromatic N) is 2. The average molecular weight is 192 g/mol. The second-order valence-electron chi connectivity index (χ2n) is 3.87. The Morgan fingerprint density at radius 1 is 1.50 bits per heavy atom. The molecule has 14 heavy (non-hydrogen) atoms. The molecule has 0 amide bonds. The third-order valence-electron chi connectivity index (χ3n) is 2.79. The van der Waals surface area contributed by atoms with Crippen LogP contribution in [-0.4, -0.2) is 16.5 Å². The molecule has 0 aromatic carbocycles. The highest BCUT2D eigenvalue weighted by Crippen LogP contribution is 2.40. The zero-order valence-corrected chi connectivity index (χ0v) is 8.40. The molecule has 4 heteroatoms. The fourth-order valence-electron chi connectivity index (χ4n) is 1.76. The Bertz CT molecular complexity index is 313. The van der Waals surface area contributed by atoms with Crippen LogP contribution in [0.1, 0.15) is 19.8 Å². The summed E-state index contributed by atoms with van der Waals surface area (Å²) in [7, 11) is 0. The molecule has 3 N–H and O–H groups in total. The second-order valence-corrected chi connectivity index (χ2v) is 3.87. The van der Waals surface area contributed by atoms with Gasteiger partial charge in [-0.05, 0) is 18.3 Å². The Balaban J connectivity index is 1.81. The maximum absolute atomic E-state index is 5.52. The molecule has 1 aliphatic carbocycles. The molecule has 0 saturated heterocycles. The van der Waals surface area contributed by atoms with Crippen LogP contribution < -0.4 is 11.1 Å². The molecule has 0 radical (unpaired) electrons. The van der Waals surface area contributed by atoms with E-state index in [1.165, 1.54) is 12.8 Å². The number of hydrogen-bond acceptors (Lipinski definition) is 4. The summed E-state index contributed by atoms with van der Waals surface area (Å²) in [5.41, 5.74) is 5.52. The molecular weight excluding hydrogens is 176 g/mol. The SMILES string of the molecule is CCC1CC1CNc1cncc(N)n1. The van der Waals surface area contributed by atoms with E-state index in [1.807, 2.05) is 0 Å². The highest BCUT2D eigenvalue weighted by molar-refractivity contribution is 5.38. The Hall–Kier alpha value is -1.32. The second kappa shape index (κ2) is 3.82. The van der Waals surface area contributed by atoms with Crippen molar-refractivity contribution in [2.75, 3.05) is 17.6 Å². The van der Waals surface area contributed by atoms with Crippen LogP contribution in [-0.2, 0) is 0 Å². The Kier molecular flexibility index (Phi) is 2.52. The van der Waals surface area contributed by atoms with Crippen LogP contribution in [0.25, 0.3) is 0 Å². The van der Waals surface area contributed by atoms with E-state index >= 15 is 0 Å². The quantitative estimate of drug-likeness (QED) is 0.759. The van der Waals surface area contributed by atoms with Crippen LogP contribution in [0.5, 0.6) is 0 Å². The average Bonchev–Trinajstić information content (AvgIpc) is 2.93. The van der Waals surface area contributed by atoms with Crippen molar-refractivity contribution in [1.29, 1.82) is 0 Å². The van der Waals surface area contributed by atoms with Gasteiger partial charge >= 0.3 is 0 Å². The van der Waals surface area contributed by atoms with Gasteiger partial charge in [-0.1, -0.05) is 13.3 Å². The lowest BCUT2D eigenvalue weighted by Crippen LogP contribution is -2.07. The Morgan fingerprint density at radius 3 is 3.00 bits per heavy atom. The summed E-state index contributed by atoms with van der Waals surface area (Å²) in [4.78, 5) is 8.10. The summed E-state index contributed by atoms with van der Waals surface area (Å²) in [5, 5.41) is 3.26. The van der Waals surface area contributed by atoms with E-state index in [1.54, 1.807) is 12.4 Å². The molecule has 1 aromatic rings. The summed E-state index contributed by atoms with van der Waals surface area (Å²) >= 11 is 0. The molecule has 2 rings (SSSR count). The predicted octanol–water partition coefficient (Wildman–Crippen LogP) is 1.52. The van der Waals surface area contributed by atoms with E-state index in [9.17, 15) is 0 Å². The van der Waals surface area contributed by atoms with Gasteiger partial charge in [-0.15, -0.1) is 0 Å². The molecule has 1 saturated carbocycles. The van der Waals surface area contributed by atoms with E-state index in [4.69, 9.17) is 5.73 Å². The van der Waals surface area contributed by atoms with Gasteiger partial charge in [0, 0.05) is 6.54 Å². The van der Waals surface area contributed by atoms with E-state index in [-0.39, 0.29) is 0 Å². The summed E-state index contributed by atoms with van der Waals surface area (Å²) in [6.45, 7) is 3.24. The van der Waals surface area contributed by atoms with Crippen LogP contribution in [0.3, 0.4) is 0 Å². The summed E-state index contributed by atoms with van der Waals surface area (Å²) in [6, 6.07) is 0. The minimum Gasteiger partial charge on any atom is -0.382 e. The molecule has 1 aromatic heterocycles. The first-order chi connectivity index (χ1) is 6.79. The molecule has 76 valence electrons. The van der Waals surface area contributed by atoms with Crippen LogP contribution in [0.15, 0.2) is 12.4 Å². The van der Waals surface area contributed by atoms with Crippen molar-refractivity contribution < 1.29 is 0 Å². The first-order valence-electron chi connectivity index (χ1n) is 5.11. The van der Waals surface area contributed by atoms with Crippen molar-refractivity contribution in [2.24, 2.45) is 11.8 Å². The van der Waals surface area contributed by atoms with Crippen molar-refractivity contribution in [3.8, 4) is 0 Å². The van der Waals surface area contributed by atoms with Gasteiger partial charge in [0.05, 0.1) is 12.4 Å². The number of nitrogen functional groups attached to an aromatic ring is 1. The lowest BCUT2D eigenvalue weighted by Gasteiger charge is -2.04. The Labute approximate surface area is 83.9 Å².